The van der Waals surface area contributed by atoms with Crippen LogP contribution in [-0.4, -0.2) is 40.8 Å². The van der Waals surface area contributed by atoms with Gasteiger partial charge in [0.2, 0.25) is 11.8 Å². The molecule has 0 radical (unpaired) electrons. The van der Waals surface area contributed by atoms with Gasteiger partial charge in [0, 0.05) is 10.6 Å². The minimum Gasteiger partial charge on any atom is -0.468 e. The number of aromatic nitrogens is 2. The molecule has 0 amide bonds. The van der Waals surface area contributed by atoms with E-state index in [0.717, 1.165) is 24.9 Å². The molecule has 2 aromatic rings. The first-order chi connectivity index (χ1) is 10.7. The molecule has 2 heterocycles. The molecular formula is C15H16ClN3O3. The van der Waals surface area contributed by atoms with Crippen LogP contribution in [0.5, 0.6) is 0 Å². The third-order valence-electron chi connectivity index (χ3n) is 3.73. The Balaban J connectivity index is 1.71. The van der Waals surface area contributed by atoms with E-state index in [-0.39, 0.29) is 12.0 Å². The number of nitrogens with zero attached hydrogens (tertiary/aromatic N) is 3. The van der Waals surface area contributed by atoms with E-state index in [4.69, 9.17) is 20.8 Å². The van der Waals surface area contributed by atoms with Crippen LogP contribution in [0.4, 0.5) is 0 Å². The largest absolute Gasteiger partial charge is 0.468 e. The molecule has 0 aliphatic carbocycles. The number of methoxy groups -OCH3 is 1. The molecule has 116 valence electrons. The molecule has 22 heavy (non-hydrogen) atoms. The van der Waals surface area contributed by atoms with Gasteiger partial charge in [0.05, 0.1) is 13.7 Å². The van der Waals surface area contributed by atoms with E-state index >= 15 is 0 Å². The zero-order valence-corrected chi connectivity index (χ0v) is 12.9. The highest BCUT2D eigenvalue weighted by Gasteiger charge is 2.32. The number of esters is 1. The Morgan fingerprint density at radius 3 is 2.91 bits per heavy atom. The van der Waals surface area contributed by atoms with E-state index in [9.17, 15) is 4.79 Å². The minimum atomic E-state index is -0.226. The van der Waals surface area contributed by atoms with Crippen molar-refractivity contribution >= 4 is 17.6 Å². The second-order valence-electron chi connectivity index (χ2n) is 5.16. The molecule has 1 unspecified atom stereocenters. The summed E-state index contributed by atoms with van der Waals surface area (Å²) < 4.78 is 10.5. The SMILES string of the molecule is COC(=O)C1CCCN1Cc1nnc(-c2ccc(Cl)cc2)o1. The Hall–Kier alpha value is -1.92. The van der Waals surface area contributed by atoms with E-state index in [0.29, 0.717) is 23.3 Å². The van der Waals surface area contributed by atoms with Gasteiger partial charge in [-0.3, -0.25) is 9.69 Å². The standard InChI is InChI=1S/C15H16ClN3O3/c1-21-15(20)12-3-2-8-19(12)9-13-17-18-14(22-13)10-4-6-11(16)7-5-10/h4-7,12H,2-3,8-9H2,1H3. The summed E-state index contributed by atoms with van der Waals surface area (Å²) in [6, 6.07) is 6.97. The van der Waals surface area contributed by atoms with Gasteiger partial charge in [0.25, 0.3) is 0 Å². The second kappa shape index (κ2) is 6.46. The fraction of sp³-hybridized carbons (Fsp3) is 0.400. The predicted octanol–water partition coefficient (Wildman–Crippen LogP) is 2.53. The molecule has 1 fully saturated rings. The van der Waals surface area contributed by atoms with Gasteiger partial charge in [-0.2, -0.15) is 0 Å². The molecule has 1 aliphatic heterocycles. The summed E-state index contributed by atoms with van der Waals surface area (Å²) in [5, 5.41) is 8.75. The van der Waals surface area contributed by atoms with Crippen molar-refractivity contribution in [1.82, 2.24) is 15.1 Å². The maximum atomic E-state index is 11.7. The number of carbonyl (C=O) groups excluding carboxylic acids is 1. The number of likely N-dealkylation sites (tertiary alicyclic amines) is 1. The van der Waals surface area contributed by atoms with Crippen LogP contribution in [0.15, 0.2) is 28.7 Å². The molecule has 0 saturated carbocycles. The van der Waals surface area contributed by atoms with Crippen molar-refractivity contribution in [3.05, 3.63) is 35.2 Å². The summed E-state index contributed by atoms with van der Waals surface area (Å²) in [5.74, 6) is 0.719. The van der Waals surface area contributed by atoms with Crippen molar-refractivity contribution < 1.29 is 13.9 Å². The number of ether oxygens (including phenoxy) is 1. The number of carbonyl (C=O) groups is 1. The van der Waals surface area contributed by atoms with Crippen LogP contribution in [0.3, 0.4) is 0 Å². The first-order valence-electron chi connectivity index (χ1n) is 7.07. The summed E-state index contributed by atoms with van der Waals surface area (Å²) >= 11 is 5.86. The Labute approximate surface area is 133 Å². The average Bonchev–Trinajstić information content (AvgIpc) is 3.17. The van der Waals surface area contributed by atoms with Crippen LogP contribution in [-0.2, 0) is 16.1 Å². The molecule has 1 aromatic carbocycles. The van der Waals surface area contributed by atoms with Crippen molar-refractivity contribution in [1.29, 1.82) is 0 Å². The van der Waals surface area contributed by atoms with Gasteiger partial charge in [-0.15, -0.1) is 10.2 Å². The van der Waals surface area contributed by atoms with Gasteiger partial charge in [-0.25, -0.2) is 0 Å². The third-order valence-corrected chi connectivity index (χ3v) is 3.99. The van der Waals surface area contributed by atoms with Gasteiger partial charge < -0.3 is 9.15 Å². The number of hydrogen-bond donors (Lipinski definition) is 0. The second-order valence-corrected chi connectivity index (χ2v) is 5.60. The van der Waals surface area contributed by atoms with E-state index in [1.807, 2.05) is 17.0 Å². The third kappa shape index (κ3) is 3.13. The molecule has 1 atom stereocenters. The molecule has 0 bridgehead atoms. The molecular weight excluding hydrogens is 306 g/mol. The first-order valence-corrected chi connectivity index (χ1v) is 7.45. The summed E-state index contributed by atoms with van der Waals surface area (Å²) in [7, 11) is 1.41. The lowest BCUT2D eigenvalue weighted by atomic mass is 10.2. The van der Waals surface area contributed by atoms with E-state index in [1.165, 1.54) is 7.11 Å². The highest BCUT2D eigenvalue weighted by molar-refractivity contribution is 6.30. The molecule has 3 rings (SSSR count). The monoisotopic (exact) mass is 321 g/mol. The molecule has 1 aromatic heterocycles. The van der Waals surface area contributed by atoms with E-state index in [1.54, 1.807) is 12.1 Å². The van der Waals surface area contributed by atoms with Crippen LogP contribution in [0.1, 0.15) is 18.7 Å². The van der Waals surface area contributed by atoms with Gasteiger partial charge >= 0.3 is 5.97 Å². The topological polar surface area (TPSA) is 68.5 Å². The normalized spacial score (nSPS) is 18.5. The van der Waals surface area contributed by atoms with Crippen LogP contribution >= 0.6 is 11.6 Å². The van der Waals surface area contributed by atoms with Gasteiger partial charge in [-0.1, -0.05) is 11.6 Å². The molecule has 1 aliphatic rings. The average molecular weight is 322 g/mol. The van der Waals surface area contributed by atoms with Crippen molar-refractivity contribution in [2.24, 2.45) is 0 Å². The fourth-order valence-corrected chi connectivity index (χ4v) is 2.74. The summed E-state index contributed by atoms with van der Waals surface area (Å²) in [6.45, 7) is 1.26. The van der Waals surface area contributed by atoms with Gasteiger partial charge in [0.15, 0.2) is 0 Å². The lowest BCUT2D eigenvalue weighted by molar-refractivity contribution is -0.146. The number of benzene rings is 1. The number of halogens is 1. The zero-order chi connectivity index (χ0) is 15.5. The predicted molar refractivity (Wildman–Crippen MR) is 80.2 cm³/mol. The molecule has 1 saturated heterocycles. The Morgan fingerprint density at radius 2 is 2.18 bits per heavy atom. The number of hydrogen-bond acceptors (Lipinski definition) is 6. The Kier molecular flexibility index (Phi) is 4.40. The lowest BCUT2D eigenvalue weighted by Gasteiger charge is -2.20. The summed E-state index contributed by atoms with van der Waals surface area (Å²) in [4.78, 5) is 13.7. The fourth-order valence-electron chi connectivity index (χ4n) is 2.62. The Morgan fingerprint density at radius 1 is 1.41 bits per heavy atom. The van der Waals surface area contributed by atoms with Crippen LogP contribution in [0, 0.1) is 0 Å². The van der Waals surface area contributed by atoms with Crippen molar-refractivity contribution in [2.45, 2.75) is 25.4 Å². The quantitative estimate of drug-likeness (QED) is 0.806. The lowest BCUT2D eigenvalue weighted by Crippen LogP contribution is -2.36. The summed E-state index contributed by atoms with van der Waals surface area (Å²) in [6.07, 6.45) is 1.75. The van der Waals surface area contributed by atoms with Gasteiger partial charge in [-0.05, 0) is 43.7 Å². The van der Waals surface area contributed by atoms with Crippen molar-refractivity contribution in [3.63, 3.8) is 0 Å². The first kappa shape index (κ1) is 15.0. The zero-order valence-electron chi connectivity index (χ0n) is 12.2. The molecule has 0 N–H and O–H groups in total. The molecule has 7 heteroatoms. The summed E-state index contributed by atoms with van der Waals surface area (Å²) in [5.41, 5.74) is 0.814. The Bertz CT molecular complexity index is 656. The van der Waals surface area contributed by atoms with Crippen molar-refractivity contribution in [3.8, 4) is 11.5 Å². The van der Waals surface area contributed by atoms with Crippen LogP contribution < -0.4 is 0 Å². The van der Waals surface area contributed by atoms with Crippen molar-refractivity contribution in [2.75, 3.05) is 13.7 Å². The molecule has 6 nitrogen and oxygen atoms in total. The maximum Gasteiger partial charge on any atom is 0.323 e. The maximum absolute atomic E-state index is 11.7. The van der Waals surface area contributed by atoms with Gasteiger partial charge in [0.1, 0.15) is 6.04 Å². The number of rotatable bonds is 4. The van der Waals surface area contributed by atoms with E-state index < -0.39 is 0 Å². The minimum absolute atomic E-state index is 0.213. The van der Waals surface area contributed by atoms with Crippen LogP contribution in [0.2, 0.25) is 5.02 Å². The highest BCUT2D eigenvalue weighted by atomic mass is 35.5. The highest BCUT2D eigenvalue weighted by Crippen LogP contribution is 2.23. The van der Waals surface area contributed by atoms with Crippen LogP contribution in [0.25, 0.3) is 11.5 Å². The van der Waals surface area contributed by atoms with E-state index in [2.05, 4.69) is 10.2 Å². The smallest absolute Gasteiger partial charge is 0.323 e. The molecule has 0 spiro atoms.